The molecule has 0 aliphatic heterocycles. The standard InChI is InChI=1S/C15H22ClN/c1-11(10-17)13-7-8-14(15(16)9-13)12-5-3-2-4-6-12/h7-9,11-12H,2-6,10,17H2,1H3. The molecular formula is C15H22ClN. The van der Waals surface area contributed by atoms with Gasteiger partial charge in [0.2, 0.25) is 0 Å². The van der Waals surface area contributed by atoms with Crippen molar-refractivity contribution in [1.82, 2.24) is 0 Å². The van der Waals surface area contributed by atoms with E-state index < -0.39 is 0 Å². The summed E-state index contributed by atoms with van der Waals surface area (Å²) in [6.07, 6.45) is 6.68. The van der Waals surface area contributed by atoms with E-state index >= 15 is 0 Å². The molecule has 0 bridgehead atoms. The Morgan fingerprint density at radius 2 is 2.00 bits per heavy atom. The monoisotopic (exact) mass is 251 g/mol. The number of benzene rings is 1. The van der Waals surface area contributed by atoms with Gasteiger partial charge in [-0.25, -0.2) is 0 Å². The summed E-state index contributed by atoms with van der Waals surface area (Å²) in [6, 6.07) is 6.54. The van der Waals surface area contributed by atoms with Gasteiger partial charge in [-0.3, -0.25) is 0 Å². The van der Waals surface area contributed by atoms with Crippen LogP contribution >= 0.6 is 11.6 Å². The fourth-order valence-electron chi connectivity index (χ4n) is 2.73. The molecule has 0 saturated heterocycles. The zero-order valence-corrected chi connectivity index (χ0v) is 11.3. The van der Waals surface area contributed by atoms with E-state index in [0.717, 1.165) is 5.02 Å². The van der Waals surface area contributed by atoms with Gasteiger partial charge in [0, 0.05) is 5.02 Å². The molecule has 0 heterocycles. The van der Waals surface area contributed by atoms with Gasteiger partial charge in [0.25, 0.3) is 0 Å². The highest BCUT2D eigenvalue weighted by Gasteiger charge is 2.18. The SMILES string of the molecule is CC(CN)c1ccc(C2CCCCC2)c(Cl)c1. The lowest BCUT2D eigenvalue weighted by Crippen LogP contribution is -2.10. The molecule has 94 valence electrons. The first-order valence-electron chi connectivity index (χ1n) is 6.71. The van der Waals surface area contributed by atoms with Crippen molar-refractivity contribution in [1.29, 1.82) is 0 Å². The highest BCUT2D eigenvalue weighted by atomic mass is 35.5. The van der Waals surface area contributed by atoms with Gasteiger partial charge in [-0.05, 0) is 48.4 Å². The van der Waals surface area contributed by atoms with E-state index in [9.17, 15) is 0 Å². The molecule has 0 radical (unpaired) electrons. The van der Waals surface area contributed by atoms with Crippen molar-refractivity contribution in [2.24, 2.45) is 5.73 Å². The molecule has 1 fully saturated rings. The number of hydrogen-bond acceptors (Lipinski definition) is 1. The first-order chi connectivity index (χ1) is 8.22. The van der Waals surface area contributed by atoms with E-state index in [-0.39, 0.29) is 0 Å². The lowest BCUT2D eigenvalue weighted by molar-refractivity contribution is 0.443. The van der Waals surface area contributed by atoms with Gasteiger partial charge in [-0.15, -0.1) is 0 Å². The fraction of sp³-hybridized carbons (Fsp3) is 0.600. The van der Waals surface area contributed by atoms with Crippen molar-refractivity contribution in [2.45, 2.75) is 50.9 Å². The number of halogens is 1. The Balaban J connectivity index is 2.18. The van der Waals surface area contributed by atoms with Crippen LogP contribution in [0.3, 0.4) is 0 Å². The lowest BCUT2D eigenvalue weighted by atomic mass is 9.83. The van der Waals surface area contributed by atoms with Gasteiger partial charge in [0.1, 0.15) is 0 Å². The third kappa shape index (κ3) is 3.02. The Kier molecular flexibility index (Phi) is 4.47. The van der Waals surface area contributed by atoms with Crippen molar-refractivity contribution in [3.8, 4) is 0 Å². The Labute approximate surface area is 109 Å². The lowest BCUT2D eigenvalue weighted by Gasteiger charge is -2.23. The van der Waals surface area contributed by atoms with E-state index in [0.29, 0.717) is 18.4 Å². The Morgan fingerprint density at radius 3 is 2.59 bits per heavy atom. The normalized spacial score (nSPS) is 19.2. The summed E-state index contributed by atoms with van der Waals surface area (Å²) in [7, 11) is 0. The minimum atomic E-state index is 0.396. The van der Waals surface area contributed by atoms with E-state index in [1.165, 1.54) is 43.2 Å². The average molecular weight is 252 g/mol. The molecule has 2 heteroatoms. The molecule has 1 saturated carbocycles. The van der Waals surface area contributed by atoms with Crippen LogP contribution < -0.4 is 5.73 Å². The van der Waals surface area contributed by atoms with Gasteiger partial charge in [-0.2, -0.15) is 0 Å². The third-order valence-corrected chi connectivity index (χ3v) is 4.32. The number of nitrogens with two attached hydrogens (primary N) is 1. The predicted octanol–water partition coefficient (Wildman–Crippen LogP) is 4.45. The van der Waals surface area contributed by atoms with Crippen LogP contribution in [0.4, 0.5) is 0 Å². The Hall–Kier alpha value is -0.530. The van der Waals surface area contributed by atoms with Crippen molar-refractivity contribution < 1.29 is 0 Å². The molecule has 0 amide bonds. The molecule has 0 spiro atoms. The molecule has 2 rings (SSSR count). The summed E-state index contributed by atoms with van der Waals surface area (Å²) in [6.45, 7) is 2.82. The molecule has 1 aliphatic carbocycles. The molecule has 1 aliphatic rings. The minimum absolute atomic E-state index is 0.396. The fourth-order valence-corrected chi connectivity index (χ4v) is 3.07. The summed E-state index contributed by atoms with van der Waals surface area (Å²) in [5, 5.41) is 0.940. The maximum atomic E-state index is 6.42. The molecule has 1 unspecified atom stereocenters. The van der Waals surface area contributed by atoms with Crippen molar-refractivity contribution in [3.63, 3.8) is 0 Å². The van der Waals surface area contributed by atoms with E-state index in [1.54, 1.807) is 0 Å². The Bertz CT molecular complexity index is 369. The molecule has 2 N–H and O–H groups in total. The second kappa shape index (κ2) is 5.88. The van der Waals surface area contributed by atoms with E-state index in [2.05, 4.69) is 25.1 Å². The average Bonchev–Trinajstić information content (AvgIpc) is 2.38. The van der Waals surface area contributed by atoms with Crippen LogP contribution in [0.15, 0.2) is 18.2 Å². The summed E-state index contributed by atoms with van der Waals surface area (Å²) < 4.78 is 0. The summed E-state index contributed by atoms with van der Waals surface area (Å²) in [4.78, 5) is 0. The van der Waals surface area contributed by atoms with Crippen LogP contribution in [-0.2, 0) is 0 Å². The van der Waals surface area contributed by atoms with Crippen LogP contribution in [0.5, 0.6) is 0 Å². The second-order valence-corrected chi connectivity index (χ2v) is 5.66. The molecule has 1 aromatic rings. The van der Waals surface area contributed by atoms with Crippen LogP contribution in [0.1, 0.15) is 62.0 Å². The highest BCUT2D eigenvalue weighted by Crippen LogP contribution is 2.37. The highest BCUT2D eigenvalue weighted by molar-refractivity contribution is 6.31. The third-order valence-electron chi connectivity index (χ3n) is 3.99. The minimum Gasteiger partial charge on any atom is -0.330 e. The number of hydrogen-bond donors (Lipinski definition) is 1. The van der Waals surface area contributed by atoms with Gasteiger partial charge in [-0.1, -0.05) is 49.9 Å². The molecular weight excluding hydrogens is 230 g/mol. The van der Waals surface area contributed by atoms with Gasteiger partial charge in [0.15, 0.2) is 0 Å². The molecule has 1 atom stereocenters. The molecule has 1 nitrogen and oxygen atoms in total. The quantitative estimate of drug-likeness (QED) is 0.844. The van der Waals surface area contributed by atoms with Gasteiger partial charge >= 0.3 is 0 Å². The molecule has 1 aromatic carbocycles. The molecule has 0 aromatic heterocycles. The maximum absolute atomic E-state index is 6.42. The first kappa shape index (κ1) is 12.9. The van der Waals surface area contributed by atoms with Gasteiger partial charge in [0.05, 0.1) is 0 Å². The summed E-state index contributed by atoms with van der Waals surface area (Å²) in [5.41, 5.74) is 8.30. The maximum Gasteiger partial charge on any atom is 0.0443 e. The zero-order valence-electron chi connectivity index (χ0n) is 10.6. The zero-order chi connectivity index (χ0) is 12.3. The van der Waals surface area contributed by atoms with Crippen LogP contribution in [0, 0.1) is 0 Å². The largest absolute Gasteiger partial charge is 0.330 e. The predicted molar refractivity (Wildman–Crippen MR) is 74.7 cm³/mol. The van der Waals surface area contributed by atoms with E-state index in [4.69, 9.17) is 17.3 Å². The second-order valence-electron chi connectivity index (χ2n) is 5.25. The van der Waals surface area contributed by atoms with Crippen LogP contribution in [0.2, 0.25) is 5.02 Å². The van der Waals surface area contributed by atoms with Gasteiger partial charge < -0.3 is 5.73 Å². The number of rotatable bonds is 3. The van der Waals surface area contributed by atoms with Crippen LogP contribution in [-0.4, -0.2) is 6.54 Å². The summed E-state index contributed by atoms with van der Waals surface area (Å²) >= 11 is 6.42. The summed E-state index contributed by atoms with van der Waals surface area (Å²) in [5.74, 6) is 1.08. The van der Waals surface area contributed by atoms with Crippen molar-refractivity contribution in [2.75, 3.05) is 6.54 Å². The smallest absolute Gasteiger partial charge is 0.0443 e. The van der Waals surface area contributed by atoms with Crippen molar-refractivity contribution in [3.05, 3.63) is 34.3 Å². The van der Waals surface area contributed by atoms with Crippen LogP contribution in [0.25, 0.3) is 0 Å². The molecule has 17 heavy (non-hydrogen) atoms. The van der Waals surface area contributed by atoms with E-state index in [1.807, 2.05) is 0 Å². The Morgan fingerprint density at radius 1 is 1.29 bits per heavy atom. The topological polar surface area (TPSA) is 26.0 Å². The first-order valence-corrected chi connectivity index (χ1v) is 7.09. The van der Waals surface area contributed by atoms with Crippen molar-refractivity contribution >= 4 is 11.6 Å².